The third kappa shape index (κ3) is 4.37. The van der Waals surface area contributed by atoms with Gasteiger partial charge in [0.1, 0.15) is 13.5 Å². The van der Waals surface area contributed by atoms with E-state index < -0.39 is 0 Å². The highest BCUT2D eigenvalue weighted by Gasteiger charge is 2.07. The lowest BCUT2D eigenvalue weighted by Crippen LogP contribution is -2.18. The Hall–Kier alpha value is -1.67. The molecule has 0 aliphatic heterocycles. The number of anilines is 3. The van der Waals surface area contributed by atoms with E-state index in [-0.39, 0.29) is 0 Å². The summed E-state index contributed by atoms with van der Waals surface area (Å²) in [4.78, 5) is 14.4. The van der Waals surface area contributed by atoms with Crippen LogP contribution in [0.5, 0.6) is 0 Å². The minimum Gasteiger partial charge on any atom is -0.364 e. The molecule has 2 N–H and O–H groups in total. The van der Waals surface area contributed by atoms with Crippen LogP contribution in [0.2, 0.25) is 0 Å². The first-order valence-electron chi connectivity index (χ1n) is 5.06. The molecule has 0 spiro atoms. The Balaban J connectivity index is 2.84. The van der Waals surface area contributed by atoms with Crippen molar-refractivity contribution in [1.29, 1.82) is 0 Å². The van der Waals surface area contributed by atoms with Gasteiger partial charge in [-0.25, -0.2) is 0 Å². The van der Waals surface area contributed by atoms with Crippen LogP contribution in [0.4, 0.5) is 17.8 Å². The molecule has 1 heterocycles. The third-order valence-electron chi connectivity index (χ3n) is 1.77. The van der Waals surface area contributed by atoms with Crippen LogP contribution in [0.3, 0.4) is 0 Å². The second-order valence-corrected chi connectivity index (χ2v) is 3.40. The molecule has 1 aromatic heterocycles. The van der Waals surface area contributed by atoms with Gasteiger partial charge in [-0.15, -0.1) is 0 Å². The largest absolute Gasteiger partial charge is 0.364 e. The highest BCUT2D eigenvalue weighted by molar-refractivity contribution is 5.42. The minimum atomic E-state index is 0.334. The highest BCUT2D eigenvalue weighted by Crippen LogP contribution is 2.10. The summed E-state index contributed by atoms with van der Waals surface area (Å²) < 4.78 is 9.79. The molecule has 96 valence electrons. The molecule has 0 unspecified atom stereocenters. The van der Waals surface area contributed by atoms with Crippen LogP contribution in [-0.4, -0.2) is 56.7 Å². The van der Waals surface area contributed by atoms with Crippen LogP contribution in [0.1, 0.15) is 0 Å². The number of rotatable bonds is 7. The van der Waals surface area contributed by atoms with Gasteiger partial charge in [-0.2, -0.15) is 15.0 Å². The van der Waals surface area contributed by atoms with Crippen LogP contribution in [-0.2, 0) is 9.47 Å². The first-order chi connectivity index (χ1) is 8.17. The molecular weight excluding hydrogens is 224 g/mol. The van der Waals surface area contributed by atoms with Gasteiger partial charge in [-0.3, -0.25) is 0 Å². The topological polar surface area (TPSA) is 84.4 Å². The van der Waals surface area contributed by atoms with E-state index in [0.29, 0.717) is 31.3 Å². The highest BCUT2D eigenvalue weighted by atomic mass is 16.5. The van der Waals surface area contributed by atoms with Crippen molar-refractivity contribution in [3.8, 4) is 0 Å². The Morgan fingerprint density at radius 2 is 1.41 bits per heavy atom. The summed E-state index contributed by atoms with van der Waals surface area (Å²) in [6.07, 6.45) is 0. The van der Waals surface area contributed by atoms with Gasteiger partial charge >= 0.3 is 0 Å². The Bertz CT molecular complexity index is 320. The molecule has 0 amide bonds. The molecule has 0 aliphatic rings. The fourth-order valence-corrected chi connectivity index (χ4v) is 0.996. The van der Waals surface area contributed by atoms with E-state index in [9.17, 15) is 0 Å². The summed E-state index contributed by atoms with van der Waals surface area (Å²) in [7, 11) is 6.89. The first kappa shape index (κ1) is 13.4. The Morgan fingerprint density at radius 1 is 0.941 bits per heavy atom. The molecule has 17 heavy (non-hydrogen) atoms. The van der Waals surface area contributed by atoms with E-state index in [2.05, 4.69) is 25.6 Å². The zero-order chi connectivity index (χ0) is 12.7. The van der Waals surface area contributed by atoms with E-state index in [1.54, 1.807) is 19.1 Å². The standard InChI is InChI=1S/C9H18N6O2/c1-15(2)9-13-7(10-5-16-3)12-8(14-9)11-6-17-4/h5-6H2,1-4H3,(H2,10,11,12,13,14). The maximum atomic E-state index is 4.90. The number of aromatic nitrogens is 3. The average molecular weight is 242 g/mol. The molecule has 0 fully saturated rings. The summed E-state index contributed by atoms with van der Waals surface area (Å²) >= 11 is 0. The molecular formula is C9H18N6O2. The number of methoxy groups -OCH3 is 2. The van der Waals surface area contributed by atoms with Crippen LogP contribution in [0.25, 0.3) is 0 Å². The number of nitrogens with one attached hydrogen (secondary N) is 2. The summed E-state index contributed by atoms with van der Waals surface area (Å²) in [5, 5.41) is 5.83. The van der Waals surface area contributed by atoms with Crippen molar-refractivity contribution < 1.29 is 9.47 Å². The maximum Gasteiger partial charge on any atom is 0.231 e. The van der Waals surface area contributed by atoms with Gasteiger partial charge < -0.3 is 25.0 Å². The number of nitrogens with zero attached hydrogens (tertiary/aromatic N) is 4. The van der Waals surface area contributed by atoms with Crippen molar-refractivity contribution in [1.82, 2.24) is 15.0 Å². The summed E-state index contributed by atoms with van der Waals surface area (Å²) in [5.74, 6) is 1.45. The number of hydrogen-bond donors (Lipinski definition) is 2. The number of ether oxygens (including phenoxy) is 2. The molecule has 0 radical (unpaired) electrons. The summed E-state index contributed by atoms with van der Waals surface area (Å²) in [6, 6.07) is 0. The molecule has 0 atom stereocenters. The van der Waals surface area contributed by atoms with Gasteiger partial charge in [0.05, 0.1) is 0 Å². The van der Waals surface area contributed by atoms with Crippen molar-refractivity contribution >= 4 is 17.8 Å². The van der Waals surface area contributed by atoms with Gasteiger partial charge in [0.25, 0.3) is 0 Å². The summed E-state index contributed by atoms with van der Waals surface area (Å²) in [5.41, 5.74) is 0. The lowest BCUT2D eigenvalue weighted by Gasteiger charge is -2.13. The van der Waals surface area contributed by atoms with Gasteiger partial charge in [0.15, 0.2) is 0 Å². The zero-order valence-corrected chi connectivity index (χ0v) is 10.5. The summed E-state index contributed by atoms with van der Waals surface area (Å²) in [6.45, 7) is 0.668. The first-order valence-corrected chi connectivity index (χ1v) is 5.06. The van der Waals surface area contributed by atoms with E-state index in [1.807, 2.05) is 14.1 Å². The molecule has 1 rings (SSSR count). The van der Waals surface area contributed by atoms with Crippen molar-refractivity contribution in [2.75, 3.05) is 57.3 Å². The average Bonchev–Trinajstić information content (AvgIpc) is 2.33. The van der Waals surface area contributed by atoms with E-state index in [0.717, 1.165) is 0 Å². The smallest absolute Gasteiger partial charge is 0.231 e. The minimum absolute atomic E-state index is 0.334. The monoisotopic (exact) mass is 242 g/mol. The fourth-order valence-electron chi connectivity index (χ4n) is 0.996. The van der Waals surface area contributed by atoms with Gasteiger partial charge in [-0.1, -0.05) is 0 Å². The predicted octanol–water partition coefficient (Wildman–Crippen LogP) is -0.0308. The van der Waals surface area contributed by atoms with Crippen molar-refractivity contribution in [2.45, 2.75) is 0 Å². The second kappa shape index (κ2) is 6.81. The van der Waals surface area contributed by atoms with Crippen molar-refractivity contribution in [2.24, 2.45) is 0 Å². The quantitative estimate of drug-likeness (QED) is 0.645. The van der Waals surface area contributed by atoms with Crippen molar-refractivity contribution in [3.63, 3.8) is 0 Å². The second-order valence-electron chi connectivity index (χ2n) is 3.40. The van der Waals surface area contributed by atoms with E-state index in [4.69, 9.17) is 9.47 Å². The fraction of sp³-hybridized carbons (Fsp3) is 0.667. The van der Waals surface area contributed by atoms with Gasteiger partial charge in [0.2, 0.25) is 17.8 Å². The predicted molar refractivity (Wildman–Crippen MR) is 65.2 cm³/mol. The number of hydrogen-bond acceptors (Lipinski definition) is 8. The van der Waals surface area contributed by atoms with E-state index >= 15 is 0 Å². The van der Waals surface area contributed by atoms with Crippen LogP contribution >= 0.6 is 0 Å². The van der Waals surface area contributed by atoms with Crippen LogP contribution in [0.15, 0.2) is 0 Å². The normalized spacial score (nSPS) is 10.1. The molecule has 8 nitrogen and oxygen atoms in total. The molecule has 0 bridgehead atoms. The zero-order valence-electron chi connectivity index (χ0n) is 10.5. The third-order valence-corrected chi connectivity index (χ3v) is 1.77. The molecule has 8 heteroatoms. The Morgan fingerprint density at radius 3 is 1.76 bits per heavy atom. The lowest BCUT2D eigenvalue weighted by molar-refractivity contribution is 0.219. The van der Waals surface area contributed by atoms with Gasteiger partial charge in [-0.05, 0) is 0 Å². The van der Waals surface area contributed by atoms with Gasteiger partial charge in [0, 0.05) is 28.3 Å². The molecule has 0 aromatic carbocycles. The Kier molecular flexibility index (Phi) is 5.37. The van der Waals surface area contributed by atoms with Crippen LogP contribution < -0.4 is 15.5 Å². The lowest BCUT2D eigenvalue weighted by atomic mass is 10.7. The molecule has 0 saturated heterocycles. The molecule has 0 saturated carbocycles. The van der Waals surface area contributed by atoms with E-state index in [1.165, 1.54) is 0 Å². The molecule has 1 aromatic rings. The van der Waals surface area contributed by atoms with Crippen molar-refractivity contribution in [3.05, 3.63) is 0 Å². The van der Waals surface area contributed by atoms with Crippen LogP contribution in [0, 0.1) is 0 Å². The maximum absolute atomic E-state index is 4.90. The SMILES string of the molecule is COCNc1nc(NCOC)nc(N(C)C)n1. The Labute approximate surface area is 100 Å². The molecule has 0 aliphatic carbocycles.